The highest BCUT2D eigenvalue weighted by atomic mass is 32.2. The maximum absolute atomic E-state index is 12.7. The van der Waals surface area contributed by atoms with Crippen molar-refractivity contribution in [3.8, 4) is 0 Å². The average molecular weight is 440 g/mol. The van der Waals surface area contributed by atoms with Crippen LogP contribution < -0.4 is 5.32 Å². The summed E-state index contributed by atoms with van der Waals surface area (Å²) in [7, 11) is 0. The Kier molecular flexibility index (Phi) is 7.41. The van der Waals surface area contributed by atoms with Crippen molar-refractivity contribution in [3.05, 3.63) is 81.7 Å². The molecular formula is C22H25N5O3S. The Balaban J connectivity index is 1.76. The molecule has 1 amide bonds. The zero-order valence-electron chi connectivity index (χ0n) is 17.7. The number of nitrogens with zero attached hydrogens (tertiary/aromatic N) is 4. The lowest BCUT2D eigenvalue weighted by molar-refractivity contribution is -0.384. The average Bonchev–Trinajstić information content (AvgIpc) is 3.19. The van der Waals surface area contributed by atoms with E-state index in [1.165, 1.54) is 23.9 Å². The second-order valence-corrected chi connectivity index (χ2v) is 8.30. The van der Waals surface area contributed by atoms with Crippen LogP contribution in [0.15, 0.2) is 59.8 Å². The Labute approximate surface area is 185 Å². The van der Waals surface area contributed by atoms with Crippen LogP contribution in [0.4, 0.5) is 5.69 Å². The number of benzene rings is 2. The van der Waals surface area contributed by atoms with Gasteiger partial charge < -0.3 is 9.88 Å². The number of amides is 1. The standard InChI is InChI=1S/C22H25N5O3S/c1-4-26-20(19(15(2)3)23-21(28)17-8-6-5-7-9-17)24-25-22(26)31-14-16-10-12-18(13-11-16)27(29)30/h5-13,15,19H,4,14H2,1-3H3,(H,23,28)/t19-/m1/s1. The van der Waals surface area contributed by atoms with Crippen molar-refractivity contribution >= 4 is 23.4 Å². The van der Waals surface area contributed by atoms with E-state index in [-0.39, 0.29) is 23.6 Å². The largest absolute Gasteiger partial charge is 0.342 e. The molecule has 0 saturated carbocycles. The third kappa shape index (κ3) is 5.49. The van der Waals surface area contributed by atoms with Gasteiger partial charge in [0.2, 0.25) is 0 Å². The Hall–Kier alpha value is -3.20. The zero-order valence-corrected chi connectivity index (χ0v) is 18.5. The molecule has 0 aliphatic heterocycles. The molecule has 0 unspecified atom stereocenters. The maximum Gasteiger partial charge on any atom is 0.269 e. The number of carbonyl (C=O) groups is 1. The van der Waals surface area contributed by atoms with Gasteiger partial charge in [0.1, 0.15) is 0 Å². The van der Waals surface area contributed by atoms with Crippen molar-refractivity contribution in [2.24, 2.45) is 5.92 Å². The van der Waals surface area contributed by atoms with Crippen LogP contribution in [0.5, 0.6) is 0 Å². The van der Waals surface area contributed by atoms with Crippen molar-refractivity contribution in [2.75, 3.05) is 0 Å². The van der Waals surface area contributed by atoms with Gasteiger partial charge in [-0.1, -0.05) is 55.9 Å². The normalized spacial score (nSPS) is 12.0. The minimum atomic E-state index is -0.410. The summed E-state index contributed by atoms with van der Waals surface area (Å²) in [5.74, 6) is 1.30. The Morgan fingerprint density at radius 2 is 1.81 bits per heavy atom. The molecule has 2 aromatic carbocycles. The number of nitro benzene ring substituents is 1. The third-order valence-corrected chi connectivity index (χ3v) is 5.88. The second-order valence-electron chi connectivity index (χ2n) is 7.36. The fourth-order valence-corrected chi connectivity index (χ4v) is 4.10. The van der Waals surface area contributed by atoms with E-state index in [2.05, 4.69) is 15.5 Å². The minimum absolute atomic E-state index is 0.0710. The molecule has 0 saturated heterocycles. The van der Waals surface area contributed by atoms with Gasteiger partial charge in [0, 0.05) is 30.0 Å². The molecule has 0 fully saturated rings. The number of thioether (sulfide) groups is 1. The van der Waals surface area contributed by atoms with E-state index in [0.29, 0.717) is 23.7 Å². The van der Waals surface area contributed by atoms with Gasteiger partial charge in [0.05, 0.1) is 11.0 Å². The lowest BCUT2D eigenvalue weighted by Crippen LogP contribution is -2.33. The molecule has 31 heavy (non-hydrogen) atoms. The minimum Gasteiger partial charge on any atom is -0.342 e. The summed E-state index contributed by atoms with van der Waals surface area (Å²) in [6, 6.07) is 15.3. The number of rotatable bonds is 9. The van der Waals surface area contributed by atoms with Gasteiger partial charge in [0.25, 0.3) is 11.6 Å². The van der Waals surface area contributed by atoms with Gasteiger partial charge in [0.15, 0.2) is 11.0 Å². The van der Waals surface area contributed by atoms with Crippen LogP contribution >= 0.6 is 11.8 Å². The molecule has 1 atom stereocenters. The monoisotopic (exact) mass is 439 g/mol. The summed E-state index contributed by atoms with van der Waals surface area (Å²) >= 11 is 1.51. The molecular weight excluding hydrogens is 414 g/mol. The first kappa shape index (κ1) is 22.5. The van der Waals surface area contributed by atoms with Crippen molar-refractivity contribution < 1.29 is 9.72 Å². The quantitative estimate of drug-likeness (QED) is 0.296. The fraction of sp³-hybridized carbons (Fsp3) is 0.318. The molecule has 8 nitrogen and oxygen atoms in total. The molecule has 0 radical (unpaired) electrons. The lowest BCUT2D eigenvalue weighted by Gasteiger charge is -2.22. The van der Waals surface area contributed by atoms with E-state index < -0.39 is 4.92 Å². The summed E-state index contributed by atoms with van der Waals surface area (Å²) in [5, 5.41) is 23.4. The smallest absolute Gasteiger partial charge is 0.269 e. The Morgan fingerprint density at radius 1 is 1.13 bits per heavy atom. The topological polar surface area (TPSA) is 103 Å². The van der Waals surface area contributed by atoms with Gasteiger partial charge in [-0.05, 0) is 30.5 Å². The molecule has 0 aliphatic rings. The number of non-ortho nitro benzene ring substituents is 1. The number of nitrogens with one attached hydrogen (secondary N) is 1. The van der Waals surface area contributed by atoms with Crippen LogP contribution in [-0.4, -0.2) is 25.6 Å². The maximum atomic E-state index is 12.7. The summed E-state index contributed by atoms with van der Waals surface area (Å²) < 4.78 is 2.01. The predicted octanol–water partition coefficient (Wildman–Crippen LogP) is 4.63. The number of aromatic nitrogens is 3. The van der Waals surface area contributed by atoms with E-state index in [1.54, 1.807) is 24.3 Å². The highest BCUT2D eigenvalue weighted by molar-refractivity contribution is 7.98. The molecule has 0 bridgehead atoms. The fourth-order valence-electron chi connectivity index (χ4n) is 3.14. The summed E-state index contributed by atoms with van der Waals surface area (Å²) in [4.78, 5) is 23.1. The number of hydrogen-bond donors (Lipinski definition) is 1. The summed E-state index contributed by atoms with van der Waals surface area (Å²) in [6.07, 6.45) is 0. The Bertz CT molecular complexity index is 1040. The van der Waals surface area contributed by atoms with Crippen LogP contribution in [0.3, 0.4) is 0 Å². The molecule has 1 N–H and O–H groups in total. The molecule has 1 heterocycles. The van der Waals surface area contributed by atoms with Crippen LogP contribution in [-0.2, 0) is 12.3 Å². The van der Waals surface area contributed by atoms with Gasteiger partial charge in [-0.2, -0.15) is 0 Å². The van der Waals surface area contributed by atoms with Gasteiger partial charge >= 0.3 is 0 Å². The van der Waals surface area contributed by atoms with E-state index in [1.807, 2.05) is 43.5 Å². The van der Waals surface area contributed by atoms with Crippen LogP contribution in [0.2, 0.25) is 0 Å². The molecule has 3 rings (SSSR count). The van der Waals surface area contributed by atoms with E-state index in [4.69, 9.17) is 0 Å². The number of hydrogen-bond acceptors (Lipinski definition) is 6. The van der Waals surface area contributed by atoms with Gasteiger partial charge in [-0.25, -0.2) is 0 Å². The van der Waals surface area contributed by atoms with Crippen LogP contribution in [0.1, 0.15) is 48.6 Å². The highest BCUT2D eigenvalue weighted by Gasteiger charge is 2.26. The van der Waals surface area contributed by atoms with Crippen molar-refractivity contribution in [1.82, 2.24) is 20.1 Å². The highest BCUT2D eigenvalue weighted by Crippen LogP contribution is 2.27. The first-order chi connectivity index (χ1) is 14.9. The zero-order chi connectivity index (χ0) is 22.4. The third-order valence-electron chi connectivity index (χ3n) is 4.84. The molecule has 1 aromatic heterocycles. The molecule has 9 heteroatoms. The number of nitro groups is 1. The molecule has 0 spiro atoms. The van der Waals surface area contributed by atoms with E-state index >= 15 is 0 Å². The summed E-state index contributed by atoms with van der Waals surface area (Å²) in [5.41, 5.74) is 1.63. The van der Waals surface area contributed by atoms with Crippen molar-refractivity contribution in [3.63, 3.8) is 0 Å². The Morgan fingerprint density at radius 3 is 2.39 bits per heavy atom. The number of carbonyl (C=O) groups excluding carboxylic acids is 1. The van der Waals surface area contributed by atoms with Gasteiger partial charge in [-0.15, -0.1) is 10.2 Å². The van der Waals surface area contributed by atoms with Gasteiger partial charge in [-0.3, -0.25) is 14.9 Å². The lowest BCUT2D eigenvalue weighted by atomic mass is 10.0. The van der Waals surface area contributed by atoms with E-state index in [9.17, 15) is 14.9 Å². The molecule has 162 valence electrons. The SMILES string of the molecule is CCn1c(SCc2ccc([N+](=O)[O-])cc2)nnc1[C@H](NC(=O)c1ccccc1)C(C)C. The predicted molar refractivity (Wildman–Crippen MR) is 120 cm³/mol. The first-order valence-electron chi connectivity index (χ1n) is 10.1. The second kappa shape index (κ2) is 10.2. The van der Waals surface area contributed by atoms with Crippen LogP contribution in [0, 0.1) is 16.0 Å². The van der Waals surface area contributed by atoms with Crippen LogP contribution in [0.25, 0.3) is 0 Å². The van der Waals surface area contributed by atoms with Crippen molar-refractivity contribution in [2.45, 2.75) is 44.3 Å². The molecule has 0 aliphatic carbocycles. The van der Waals surface area contributed by atoms with E-state index in [0.717, 1.165) is 10.7 Å². The first-order valence-corrected chi connectivity index (χ1v) is 11.0. The summed E-state index contributed by atoms with van der Waals surface area (Å²) in [6.45, 7) is 6.75. The molecule has 3 aromatic rings. The van der Waals surface area contributed by atoms with Crippen molar-refractivity contribution in [1.29, 1.82) is 0 Å².